The molecule has 2 aromatic heterocycles. The first-order valence-electron chi connectivity index (χ1n) is 5.86. The number of allylic oxidation sites excluding steroid dienone is 1. The normalized spacial score (nSPS) is 11.6. The third kappa shape index (κ3) is 2.74. The fourth-order valence-electron chi connectivity index (χ4n) is 1.73. The number of nitrogens with one attached hydrogen (secondary N) is 4. The van der Waals surface area contributed by atoms with E-state index in [9.17, 15) is 19.2 Å². The van der Waals surface area contributed by atoms with E-state index in [1.165, 1.54) is 18.5 Å². The lowest BCUT2D eigenvalue weighted by molar-refractivity contribution is 1.01. The zero-order chi connectivity index (χ0) is 14.7. The molecule has 0 saturated heterocycles. The molecule has 0 spiro atoms. The maximum atomic E-state index is 11.7. The standard InChI is InChI=1S/C12H12N4O4/c1-2-6(8-5-14-12(20)16-10(8)18)3-7-4-13-11(19)15-9(7)17/h3-5H,2H2,1H3,(H2,13,15,17,19)(H2,14,16,18,20). The summed E-state index contributed by atoms with van der Waals surface area (Å²) in [5, 5.41) is 0. The lowest BCUT2D eigenvalue weighted by Gasteiger charge is -2.03. The first-order chi connectivity index (χ1) is 9.51. The molecule has 2 aromatic rings. The molecule has 104 valence electrons. The van der Waals surface area contributed by atoms with Crippen LogP contribution in [0.3, 0.4) is 0 Å². The molecule has 0 amide bonds. The highest BCUT2D eigenvalue weighted by Crippen LogP contribution is 2.15. The van der Waals surface area contributed by atoms with Crippen molar-refractivity contribution in [3.63, 3.8) is 0 Å². The lowest BCUT2D eigenvalue weighted by atomic mass is 10.0. The van der Waals surface area contributed by atoms with Gasteiger partial charge in [-0.25, -0.2) is 9.59 Å². The fourth-order valence-corrected chi connectivity index (χ4v) is 1.73. The molecule has 4 N–H and O–H groups in total. The predicted molar refractivity (Wildman–Crippen MR) is 73.5 cm³/mol. The molecule has 2 heterocycles. The SMILES string of the molecule is CCC(=Cc1c[nH]c(=O)[nH]c1=O)c1c[nH]c(=O)[nH]c1=O. The Labute approximate surface area is 111 Å². The molecule has 0 unspecified atom stereocenters. The number of hydrogen-bond donors (Lipinski definition) is 4. The summed E-state index contributed by atoms with van der Waals surface area (Å²) in [6, 6.07) is 0. The Morgan fingerprint density at radius 2 is 1.60 bits per heavy atom. The summed E-state index contributed by atoms with van der Waals surface area (Å²) >= 11 is 0. The molecule has 0 atom stereocenters. The first kappa shape index (κ1) is 13.5. The molecule has 0 radical (unpaired) electrons. The molecule has 0 aliphatic heterocycles. The zero-order valence-corrected chi connectivity index (χ0v) is 10.6. The van der Waals surface area contributed by atoms with Crippen LogP contribution in [0.15, 0.2) is 31.6 Å². The van der Waals surface area contributed by atoms with Gasteiger partial charge < -0.3 is 9.97 Å². The van der Waals surface area contributed by atoms with Gasteiger partial charge in [-0.05, 0) is 18.1 Å². The summed E-state index contributed by atoms with van der Waals surface area (Å²) in [5.74, 6) is 0. The average Bonchev–Trinajstić information content (AvgIpc) is 2.39. The Balaban J connectivity index is 2.59. The number of H-pyrrole nitrogens is 4. The molecule has 0 fully saturated rings. The molecule has 0 bridgehead atoms. The fraction of sp³-hybridized carbons (Fsp3) is 0.167. The van der Waals surface area contributed by atoms with Crippen molar-refractivity contribution in [3.8, 4) is 0 Å². The van der Waals surface area contributed by atoms with Gasteiger partial charge in [-0.3, -0.25) is 19.6 Å². The molecule has 0 saturated carbocycles. The van der Waals surface area contributed by atoms with E-state index in [-0.39, 0.29) is 11.1 Å². The van der Waals surface area contributed by atoms with Crippen molar-refractivity contribution < 1.29 is 0 Å². The van der Waals surface area contributed by atoms with Crippen LogP contribution >= 0.6 is 0 Å². The highest BCUT2D eigenvalue weighted by Gasteiger charge is 2.07. The van der Waals surface area contributed by atoms with Crippen molar-refractivity contribution >= 4 is 11.6 Å². The molecule has 0 aliphatic rings. The van der Waals surface area contributed by atoms with Crippen LogP contribution in [0.25, 0.3) is 11.6 Å². The van der Waals surface area contributed by atoms with Gasteiger partial charge in [0.25, 0.3) is 11.1 Å². The van der Waals surface area contributed by atoms with Crippen LogP contribution in [0.1, 0.15) is 24.5 Å². The van der Waals surface area contributed by atoms with E-state index in [0.29, 0.717) is 12.0 Å². The van der Waals surface area contributed by atoms with Crippen LogP contribution < -0.4 is 22.5 Å². The van der Waals surface area contributed by atoms with Crippen molar-refractivity contribution in [1.82, 2.24) is 19.9 Å². The first-order valence-corrected chi connectivity index (χ1v) is 5.86. The minimum atomic E-state index is -0.605. The van der Waals surface area contributed by atoms with Gasteiger partial charge in [0.15, 0.2) is 0 Å². The van der Waals surface area contributed by atoms with E-state index in [4.69, 9.17) is 0 Å². The quantitative estimate of drug-likeness (QED) is 0.595. The lowest BCUT2D eigenvalue weighted by Crippen LogP contribution is -2.25. The number of hydrogen-bond acceptors (Lipinski definition) is 4. The van der Waals surface area contributed by atoms with Gasteiger partial charge in [-0.15, -0.1) is 0 Å². The third-order valence-corrected chi connectivity index (χ3v) is 2.72. The summed E-state index contributed by atoms with van der Waals surface area (Å²) in [7, 11) is 0. The van der Waals surface area contributed by atoms with Gasteiger partial charge in [0.2, 0.25) is 0 Å². The van der Waals surface area contributed by atoms with Gasteiger partial charge in [-0.2, -0.15) is 0 Å². The second-order valence-corrected chi connectivity index (χ2v) is 4.04. The maximum absolute atomic E-state index is 11.7. The molecule has 0 aromatic carbocycles. The van der Waals surface area contributed by atoms with Gasteiger partial charge in [0.05, 0.1) is 11.1 Å². The van der Waals surface area contributed by atoms with Gasteiger partial charge >= 0.3 is 11.4 Å². The van der Waals surface area contributed by atoms with Crippen LogP contribution in [-0.4, -0.2) is 19.9 Å². The molecule has 8 heteroatoms. The van der Waals surface area contributed by atoms with E-state index in [1.54, 1.807) is 6.92 Å². The number of aromatic amines is 4. The van der Waals surface area contributed by atoms with E-state index < -0.39 is 22.5 Å². The minimum Gasteiger partial charge on any atom is -0.314 e. The predicted octanol–water partition coefficient (Wildman–Crippen LogP) is -0.610. The Bertz CT molecular complexity index is 881. The van der Waals surface area contributed by atoms with Crippen molar-refractivity contribution in [2.24, 2.45) is 0 Å². The largest absolute Gasteiger partial charge is 0.325 e. The van der Waals surface area contributed by atoms with Crippen LogP contribution in [0.5, 0.6) is 0 Å². The molecule has 2 rings (SSSR count). The molecule has 20 heavy (non-hydrogen) atoms. The highest BCUT2D eigenvalue weighted by molar-refractivity contribution is 5.80. The Kier molecular flexibility index (Phi) is 3.65. The van der Waals surface area contributed by atoms with Crippen LogP contribution in [0.2, 0.25) is 0 Å². The zero-order valence-electron chi connectivity index (χ0n) is 10.6. The minimum absolute atomic E-state index is 0.215. The molecule has 8 nitrogen and oxygen atoms in total. The van der Waals surface area contributed by atoms with Crippen molar-refractivity contribution in [3.05, 3.63) is 65.2 Å². The number of aromatic nitrogens is 4. The summed E-state index contributed by atoms with van der Waals surface area (Å²) in [4.78, 5) is 54.1. The van der Waals surface area contributed by atoms with E-state index in [1.807, 2.05) is 0 Å². The summed E-state index contributed by atoms with van der Waals surface area (Å²) in [5.41, 5.74) is -1.27. The third-order valence-electron chi connectivity index (χ3n) is 2.72. The van der Waals surface area contributed by atoms with Gasteiger partial charge in [-0.1, -0.05) is 6.92 Å². The van der Waals surface area contributed by atoms with Crippen molar-refractivity contribution in [1.29, 1.82) is 0 Å². The average molecular weight is 276 g/mol. The van der Waals surface area contributed by atoms with E-state index in [0.717, 1.165) is 0 Å². The maximum Gasteiger partial charge on any atom is 0.325 e. The Morgan fingerprint density at radius 3 is 2.15 bits per heavy atom. The van der Waals surface area contributed by atoms with E-state index >= 15 is 0 Å². The smallest absolute Gasteiger partial charge is 0.314 e. The summed E-state index contributed by atoms with van der Waals surface area (Å²) in [6.07, 6.45) is 4.50. The molecular formula is C12H12N4O4. The molecule has 0 aliphatic carbocycles. The monoisotopic (exact) mass is 276 g/mol. The van der Waals surface area contributed by atoms with Gasteiger partial charge in [0, 0.05) is 12.4 Å². The van der Waals surface area contributed by atoms with E-state index in [2.05, 4.69) is 19.9 Å². The van der Waals surface area contributed by atoms with Gasteiger partial charge in [0.1, 0.15) is 0 Å². The Morgan fingerprint density at radius 1 is 1.00 bits per heavy atom. The number of rotatable bonds is 3. The second kappa shape index (κ2) is 5.39. The highest BCUT2D eigenvalue weighted by atomic mass is 16.2. The molecular weight excluding hydrogens is 264 g/mol. The van der Waals surface area contributed by atoms with Crippen molar-refractivity contribution in [2.75, 3.05) is 0 Å². The van der Waals surface area contributed by atoms with Crippen LogP contribution in [-0.2, 0) is 0 Å². The van der Waals surface area contributed by atoms with Crippen LogP contribution in [0.4, 0.5) is 0 Å². The topological polar surface area (TPSA) is 131 Å². The second-order valence-electron chi connectivity index (χ2n) is 4.04. The Hall–Kier alpha value is -2.90. The van der Waals surface area contributed by atoms with Crippen molar-refractivity contribution in [2.45, 2.75) is 13.3 Å². The summed E-state index contributed by atoms with van der Waals surface area (Å²) < 4.78 is 0. The van der Waals surface area contributed by atoms with Crippen LogP contribution in [0, 0.1) is 0 Å². The summed E-state index contributed by atoms with van der Waals surface area (Å²) in [6.45, 7) is 1.80.